The summed E-state index contributed by atoms with van der Waals surface area (Å²) in [4.78, 5) is 24.1. The molecule has 0 spiro atoms. The molecule has 0 radical (unpaired) electrons. The molecule has 182 valence electrons. The number of ether oxygens (including phenoxy) is 2. The predicted octanol–water partition coefficient (Wildman–Crippen LogP) is 2.28. The van der Waals surface area contributed by atoms with Crippen molar-refractivity contribution in [1.29, 1.82) is 0 Å². The highest BCUT2D eigenvalue weighted by Gasteiger charge is 2.29. The van der Waals surface area contributed by atoms with Crippen LogP contribution in [0.1, 0.15) is 37.1 Å². The number of hydrogen-bond acceptors (Lipinski definition) is 9. The smallest absolute Gasteiger partial charge is 0.230 e. The number of morpholine rings is 1. The van der Waals surface area contributed by atoms with Gasteiger partial charge in [0.1, 0.15) is 23.2 Å². The third kappa shape index (κ3) is 5.81. The lowest BCUT2D eigenvalue weighted by molar-refractivity contribution is -0.0281. The van der Waals surface area contributed by atoms with E-state index in [4.69, 9.17) is 9.47 Å². The molecule has 4 heterocycles. The minimum Gasteiger partial charge on any atom is -0.382 e. The van der Waals surface area contributed by atoms with Gasteiger partial charge in [0.25, 0.3) is 0 Å². The Kier molecular flexibility index (Phi) is 6.98. The van der Waals surface area contributed by atoms with E-state index in [1.54, 1.807) is 6.33 Å². The summed E-state index contributed by atoms with van der Waals surface area (Å²) in [6.45, 7) is 5.82. The quantitative estimate of drug-likeness (QED) is 0.527. The van der Waals surface area contributed by atoms with Gasteiger partial charge in [0.2, 0.25) is 11.9 Å². The van der Waals surface area contributed by atoms with Crippen molar-refractivity contribution in [2.24, 2.45) is 7.05 Å². The summed E-state index contributed by atoms with van der Waals surface area (Å²) in [5, 5.41) is 3.09. The average molecular weight is 475 g/mol. The van der Waals surface area contributed by atoms with Crippen LogP contribution >= 0.6 is 0 Å². The number of methoxy groups -OCH3 is 1. The number of nitrogens with one attached hydrogen (secondary N) is 1. The number of pyridine rings is 1. The third-order valence-corrected chi connectivity index (χ3v) is 5.28. The molecule has 1 fully saturated rings. The first-order valence-electron chi connectivity index (χ1n) is 10.9. The fraction of sp³-hybridized carbons (Fsp3) is 0.500. The minimum absolute atomic E-state index is 0.00370. The summed E-state index contributed by atoms with van der Waals surface area (Å²) in [5.74, 6) is -0.338. The van der Waals surface area contributed by atoms with Crippen molar-refractivity contribution in [3.05, 3.63) is 53.6 Å². The summed E-state index contributed by atoms with van der Waals surface area (Å²) in [6.07, 6.45) is 4.94. The van der Waals surface area contributed by atoms with Crippen LogP contribution in [0.4, 0.5) is 20.7 Å². The molecule has 12 heteroatoms. The Morgan fingerprint density at radius 1 is 1.24 bits per heavy atom. The average Bonchev–Trinajstić information content (AvgIpc) is 3.17. The lowest BCUT2D eigenvalue weighted by atomic mass is 10.1. The normalized spacial score (nSPS) is 16.5. The fourth-order valence-electron chi connectivity index (χ4n) is 3.79. The standard InChI is InChI=1S/C22H28F2N8O2/c1-22(2)12-32(5-6-34-22)21-29-18(8-15-10-31(3)13-26-15)28-20(30-21)27-17(11-33-4)19-16(24)7-14(23)9-25-19/h7,9-10,13,17H,5-6,8,11-12H2,1-4H3,(H,27,28,29,30)/t17-/m0/s1. The number of rotatable bonds is 8. The van der Waals surface area contributed by atoms with E-state index in [1.807, 2.05) is 36.6 Å². The van der Waals surface area contributed by atoms with Gasteiger partial charge in [-0.2, -0.15) is 15.0 Å². The van der Waals surface area contributed by atoms with Gasteiger partial charge in [0.05, 0.1) is 49.5 Å². The molecule has 34 heavy (non-hydrogen) atoms. The van der Waals surface area contributed by atoms with Gasteiger partial charge >= 0.3 is 0 Å². The van der Waals surface area contributed by atoms with Crippen LogP contribution in [-0.2, 0) is 22.9 Å². The van der Waals surface area contributed by atoms with Gasteiger partial charge in [0.15, 0.2) is 0 Å². The van der Waals surface area contributed by atoms with Crippen molar-refractivity contribution in [3.8, 4) is 0 Å². The lowest BCUT2D eigenvalue weighted by Gasteiger charge is -2.38. The van der Waals surface area contributed by atoms with E-state index in [9.17, 15) is 8.78 Å². The maximum atomic E-state index is 14.5. The third-order valence-electron chi connectivity index (χ3n) is 5.28. The molecule has 0 bridgehead atoms. The van der Waals surface area contributed by atoms with Crippen molar-refractivity contribution < 1.29 is 18.3 Å². The number of anilines is 2. The van der Waals surface area contributed by atoms with Crippen molar-refractivity contribution in [2.75, 3.05) is 43.6 Å². The summed E-state index contributed by atoms with van der Waals surface area (Å²) < 4.78 is 40.8. The Hall–Kier alpha value is -3.25. The second kappa shape index (κ2) is 9.94. The van der Waals surface area contributed by atoms with Crippen molar-refractivity contribution in [2.45, 2.75) is 31.9 Å². The van der Waals surface area contributed by atoms with Gasteiger partial charge in [-0.05, 0) is 13.8 Å². The molecule has 0 unspecified atom stereocenters. The zero-order valence-corrected chi connectivity index (χ0v) is 19.6. The van der Waals surface area contributed by atoms with E-state index in [0.29, 0.717) is 37.9 Å². The zero-order chi connectivity index (χ0) is 24.3. The molecule has 3 aromatic heterocycles. The molecular weight excluding hydrogens is 446 g/mol. The van der Waals surface area contributed by atoms with E-state index in [0.717, 1.165) is 18.0 Å². The summed E-state index contributed by atoms with van der Waals surface area (Å²) in [5.41, 5.74) is 0.441. The topological polar surface area (TPSA) is 103 Å². The van der Waals surface area contributed by atoms with Gasteiger partial charge in [-0.3, -0.25) is 4.98 Å². The molecule has 0 aliphatic carbocycles. The van der Waals surface area contributed by atoms with Gasteiger partial charge in [-0.1, -0.05) is 0 Å². The second-order valence-electron chi connectivity index (χ2n) is 8.79. The Morgan fingerprint density at radius 3 is 2.74 bits per heavy atom. The van der Waals surface area contributed by atoms with E-state index in [-0.39, 0.29) is 23.9 Å². The van der Waals surface area contributed by atoms with Crippen LogP contribution < -0.4 is 10.2 Å². The first-order chi connectivity index (χ1) is 16.2. The van der Waals surface area contributed by atoms with Crippen LogP contribution in [0.5, 0.6) is 0 Å². The van der Waals surface area contributed by atoms with E-state index >= 15 is 0 Å². The lowest BCUT2D eigenvalue weighted by Crippen LogP contribution is -2.49. The molecule has 0 saturated carbocycles. The number of nitrogens with zero attached hydrogens (tertiary/aromatic N) is 7. The van der Waals surface area contributed by atoms with Crippen molar-refractivity contribution >= 4 is 11.9 Å². The fourth-order valence-corrected chi connectivity index (χ4v) is 3.79. The van der Waals surface area contributed by atoms with Crippen molar-refractivity contribution in [1.82, 2.24) is 29.5 Å². The Bertz CT molecular complexity index is 1140. The summed E-state index contributed by atoms with van der Waals surface area (Å²) in [7, 11) is 3.37. The van der Waals surface area contributed by atoms with Gasteiger partial charge in [-0.25, -0.2) is 13.8 Å². The molecule has 1 saturated heterocycles. The van der Waals surface area contributed by atoms with Gasteiger partial charge in [0, 0.05) is 39.5 Å². The molecule has 10 nitrogen and oxygen atoms in total. The zero-order valence-electron chi connectivity index (χ0n) is 19.6. The molecule has 3 aromatic rings. The van der Waals surface area contributed by atoms with E-state index in [2.05, 4.69) is 30.2 Å². The molecule has 0 aromatic carbocycles. The number of halogens is 2. The number of hydrogen-bond donors (Lipinski definition) is 1. The highest BCUT2D eigenvalue weighted by atomic mass is 19.1. The van der Waals surface area contributed by atoms with Gasteiger partial charge < -0.3 is 24.3 Å². The first kappa shape index (κ1) is 23.9. The molecule has 1 N–H and O–H groups in total. The molecule has 1 atom stereocenters. The predicted molar refractivity (Wildman–Crippen MR) is 120 cm³/mol. The van der Waals surface area contributed by atoms with Crippen LogP contribution in [0.15, 0.2) is 24.8 Å². The van der Waals surface area contributed by atoms with Crippen LogP contribution in [0.2, 0.25) is 0 Å². The van der Waals surface area contributed by atoms with Crippen LogP contribution in [-0.4, -0.2) is 68.5 Å². The molecule has 0 amide bonds. The molecule has 4 rings (SSSR count). The molecule has 1 aliphatic rings. The number of aromatic nitrogens is 6. The Labute approximate surface area is 196 Å². The van der Waals surface area contributed by atoms with Crippen LogP contribution in [0.25, 0.3) is 0 Å². The van der Waals surface area contributed by atoms with E-state index in [1.165, 1.54) is 7.11 Å². The van der Waals surface area contributed by atoms with Crippen LogP contribution in [0.3, 0.4) is 0 Å². The van der Waals surface area contributed by atoms with Crippen molar-refractivity contribution in [3.63, 3.8) is 0 Å². The summed E-state index contributed by atoms with van der Waals surface area (Å²) in [6, 6.07) is 0.0399. The monoisotopic (exact) mass is 474 g/mol. The summed E-state index contributed by atoms with van der Waals surface area (Å²) >= 11 is 0. The highest BCUT2D eigenvalue weighted by molar-refractivity contribution is 5.40. The Morgan fingerprint density at radius 2 is 2.06 bits per heavy atom. The first-order valence-corrected chi connectivity index (χ1v) is 10.9. The molecular formula is C22H28F2N8O2. The Balaban J connectivity index is 1.68. The minimum atomic E-state index is -0.785. The SMILES string of the molecule is COC[C@H](Nc1nc(Cc2cn(C)cn2)nc(N2CCOC(C)(C)C2)n1)c1ncc(F)cc1F. The second-order valence-corrected chi connectivity index (χ2v) is 8.79. The number of aryl methyl sites for hydroxylation is 1. The number of imidazole rings is 1. The maximum Gasteiger partial charge on any atom is 0.230 e. The van der Waals surface area contributed by atoms with Gasteiger partial charge in [-0.15, -0.1) is 0 Å². The maximum absolute atomic E-state index is 14.5. The molecule has 1 aliphatic heterocycles. The van der Waals surface area contributed by atoms with E-state index < -0.39 is 17.7 Å². The highest BCUT2D eigenvalue weighted by Crippen LogP contribution is 2.24. The van der Waals surface area contributed by atoms with Crippen LogP contribution in [0, 0.1) is 11.6 Å². The largest absolute Gasteiger partial charge is 0.382 e.